The van der Waals surface area contributed by atoms with Crippen molar-refractivity contribution in [3.05, 3.63) is 77.1 Å². The minimum Gasteiger partial charge on any atom is -0.494 e. The molecule has 11 heteroatoms. The maximum Gasteiger partial charge on any atom is 0.434 e. The maximum absolute atomic E-state index is 13.8. The first kappa shape index (κ1) is 24.1. The lowest BCUT2D eigenvalue weighted by Gasteiger charge is -2.17. The van der Waals surface area contributed by atoms with E-state index in [0.717, 1.165) is 18.2 Å². The molecule has 0 aliphatic carbocycles. The number of nitrogens with zero attached hydrogens (tertiary/aromatic N) is 2. The van der Waals surface area contributed by atoms with E-state index in [-0.39, 0.29) is 4.68 Å². The van der Waals surface area contributed by atoms with Gasteiger partial charge in [-0.05, 0) is 49.7 Å². The van der Waals surface area contributed by atoms with Gasteiger partial charge in [0.2, 0.25) is 0 Å². The van der Waals surface area contributed by atoms with Crippen LogP contribution in [-0.2, 0) is 12.4 Å². The standard InChI is InChI=1S/C22H19F6N3O2/c1-3-33-17-9-4-6-14(10-17)13(2)30-20(32)18-12-29-31(19(18)22(26,27)28)16-8-5-7-15(11-16)21(23,24)25/h4-13H,3H2,1-2H3,(H,30,32). The fourth-order valence-electron chi connectivity index (χ4n) is 3.20. The molecular weight excluding hydrogens is 452 g/mol. The fourth-order valence-corrected chi connectivity index (χ4v) is 3.20. The number of halogens is 6. The molecule has 0 spiro atoms. The second-order valence-corrected chi connectivity index (χ2v) is 7.07. The van der Waals surface area contributed by atoms with Gasteiger partial charge in [0.15, 0.2) is 5.69 Å². The van der Waals surface area contributed by atoms with Gasteiger partial charge in [0.1, 0.15) is 5.75 Å². The third-order valence-corrected chi connectivity index (χ3v) is 4.72. The topological polar surface area (TPSA) is 56.1 Å². The van der Waals surface area contributed by atoms with Crippen LogP contribution >= 0.6 is 0 Å². The Morgan fingerprint density at radius 2 is 1.76 bits per heavy atom. The van der Waals surface area contributed by atoms with E-state index < -0.39 is 46.8 Å². The van der Waals surface area contributed by atoms with E-state index in [0.29, 0.717) is 30.2 Å². The lowest BCUT2D eigenvalue weighted by atomic mass is 10.1. The maximum atomic E-state index is 13.8. The van der Waals surface area contributed by atoms with Crippen molar-refractivity contribution >= 4 is 5.91 Å². The highest BCUT2D eigenvalue weighted by Crippen LogP contribution is 2.35. The molecule has 0 radical (unpaired) electrons. The van der Waals surface area contributed by atoms with Crippen molar-refractivity contribution in [1.29, 1.82) is 0 Å². The molecule has 3 rings (SSSR count). The van der Waals surface area contributed by atoms with E-state index in [1.807, 2.05) is 0 Å². The van der Waals surface area contributed by atoms with Crippen LogP contribution in [0, 0.1) is 0 Å². The summed E-state index contributed by atoms with van der Waals surface area (Å²) in [6, 6.07) is 9.27. The Morgan fingerprint density at radius 3 is 2.39 bits per heavy atom. The monoisotopic (exact) mass is 471 g/mol. The number of hydrogen-bond donors (Lipinski definition) is 1. The second kappa shape index (κ2) is 9.16. The van der Waals surface area contributed by atoms with Gasteiger partial charge in [0.25, 0.3) is 5.91 Å². The fraction of sp³-hybridized carbons (Fsp3) is 0.273. The number of benzene rings is 2. The van der Waals surface area contributed by atoms with Crippen LogP contribution in [0.4, 0.5) is 26.3 Å². The summed E-state index contributed by atoms with van der Waals surface area (Å²) in [5.74, 6) is -0.542. The summed E-state index contributed by atoms with van der Waals surface area (Å²) in [7, 11) is 0. The molecule has 3 aromatic rings. The highest BCUT2D eigenvalue weighted by atomic mass is 19.4. The zero-order valence-corrected chi connectivity index (χ0v) is 17.5. The van der Waals surface area contributed by atoms with Gasteiger partial charge in [-0.1, -0.05) is 18.2 Å². The quantitative estimate of drug-likeness (QED) is 0.463. The number of rotatable bonds is 6. The van der Waals surface area contributed by atoms with Crippen LogP contribution in [0.2, 0.25) is 0 Å². The molecule has 0 aliphatic heterocycles. The first-order chi connectivity index (χ1) is 15.4. The lowest BCUT2D eigenvalue weighted by Crippen LogP contribution is -2.29. The average Bonchev–Trinajstić information content (AvgIpc) is 3.20. The number of carbonyl (C=O) groups excluding carboxylic acids is 1. The summed E-state index contributed by atoms with van der Waals surface area (Å²) in [4.78, 5) is 12.7. The number of alkyl halides is 6. The van der Waals surface area contributed by atoms with Crippen LogP contribution in [0.1, 0.15) is 47.1 Å². The summed E-state index contributed by atoms with van der Waals surface area (Å²) in [5.41, 5.74) is -3.32. The summed E-state index contributed by atoms with van der Waals surface area (Å²) in [6.07, 6.45) is -9.13. The van der Waals surface area contributed by atoms with Crippen LogP contribution in [0.15, 0.2) is 54.7 Å². The highest BCUT2D eigenvalue weighted by molar-refractivity contribution is 5.95. The largest absolute Gasteiger partial charge is 0.494 e. The van der Waals surface area contributed by atoms with Crippen LogP contribution < -0.4 is 10.1 Å². The minimum absolute atomic E-state index is 0.282. The van der Waals surface area contributed by atoms with Gasteiger partial charge >= 0.3 is 12.4 Å². The van der Waals surface area contributed by atoms with E-state index in [9.17, 15) is 31.1 Å². The highest BCUT2D eigenvalue weighted by Gasteiger charge is 2.41. The molecule has 0 bridgehead atoms. The lowest BCUT2D eigenvalue weighted by molar-refractivity contribution is -0.143. The van der Waals surface area contributed by atoms with E-state index in [4.69, 9.17) is 4.74 Å². The van der Waals surface area contributed by atoms with Crippen molar-refractivity contribution in [3.63, 3.8) is 0 Å². The van der Waals surface area contributed by atoms with Crippen molar-refractivity contribution in [3.8, 4) is 11.4 Å². The number of nitrogens with one attached hydrogen (secondary N) is 1. The Labute approximate surface area is 185 Å². The molecule has 1 amide bonds. The van der Waals surface area contributed by atoms with Crippen LogP contribution in [0.25, 0.3) is 5.69 Å². The smallest absolute Gasteiger partial charge is 0.434 e. The Bertz CT molecular complexity index is 1140. The molecule has 0 aliphatic rings. The van der Waals surface area contributed by atoms with Crippen LogP contribution in [0.3, 0.4) is 0 Å². The molecule has 5 nitrogen and oxygen atoms in total. The zero-order valence-electron chi connectivity index (χ0n) is 17.5. The Balaban J connectivity index is 1.95. The van der Waals surface area contributed by atoms with Gasteiger partial charge in [-0.3, -0.25) is 4.79 Å². The third-order valence-electron chi connectivity index (χ3n) is 4.72. The molecule has 1 unspecified atom stereocenters. The predicted octanol–water partition coefficient (Wildman–Crippen LogP) is 5.80. The average molecular weight is 471 g/mol. The van der Waals surface area contributed by atoms with Gasteiger partial charge in [-0.25, -0.2) is 4.68 Å². The number of amides is 1. The molecule has 1 heterocycles. The normalized spacial score (nSPS) is 13.0. The molecule has 1 N–H and O–H groups in total. The summed E-state index contributed by atoms with van der Waals surface area (Å²) in [6.45, 7) is 3.78. The molecular formula is C22H19F6N3O2. The number of ether oxygens (including phenoxy) is 1. The predicted molar refractivity (Wildman–Crippen MR) is 107 cm³/mol. The first-order valence-electron chi connectivity index (χ1n) is 9.78. The number of hydrogen-bond acceptors (Lipinski definition) is 3. The van der Waals surface area contributed by atoms with Crippen molar-refractivity contribution in [2.75, 3.05) is 6.61 Å². The van der Waals surface area contributed by atoms with Gasteiger partial charge in [0, 0.05) is 0 Å². The molecule has 0 saturated heterocycles. The zero-order chi connectivity index (χ0) is 24.4. The van der Waals surface area contributed by atoms with Gasteiger partial charge in [0.05, 0.1) is 35.7 Å². The molecule has 1 atom stereocenters. The SMILES string of the molecule is CCOc1cccc(C(C)NC(=O)c2cnn(-c3cccc(C(F)(F)F)c3)c2C(F)(F)F)c1. The van der Waals surface area contributed by atoms with Gasteiger partial charge in [-0.15, -0.1) is 0 Å². The van der Waals surface area contributed by atoms with Crippen LogP contribution in [0.5, 0.6) is 5.75 Å². The third kappa shape index (κ3) is 5.47. The van der Waals surface area contributed by atoms with Gasteiger partial charge < -0.3 is 10.1 Å². The molecule has 33 heavy (non-hydrogen) atoms. The Kier molecular flexibility index (Phi) is 6.71. The first-order valence-corrected chi connectivity index (χ1v) is 9.78. The molecule has 2 aromatic carbocycles. The Morgan fingerprint density at radius 1 is 1.06 bits per heavy atom. The minimum atomic E-state index is -5.06. The Hall–Kier alpha value is -3.50. The van der Waals surface area contributed by atoms with Crippen molar-refractivity contribution < 1.29 is 35.9 Å². The molecule has 1 aromatic heterocycles. The van der Waals surface area contributed by atoms with Crippen molar-refractivity contribution in [2.45, 2.75) is 32.2 Å². The number of carbonyl (C=O) groups is 1. The number of aromatic nitrogens is 2. The van der Waals surface area contributed by atoms with Crippen molar-refractivity contribution in [1.82, 2.24) is 15.1 Å². The van der Waals surface area contributed by atoms with Gasteiger partial charge in [-0.2, -0.15) is 31.4 Å². The summed E-state index contributed by atoms with van der Waals surface area (Å²) >= 11 is 0. The summed E-state index contributed by atoms with van der Waals surface area (Å²) < 4.78 is 86.2. The van der Waals surface area contributed by atoms with E-state index in [1.165, 1.54) is 0 Å². The van der Waals surface area contributed by atoms with Crippen LogP contribution in [-0.4, -0.2) is 22.3 Å². The molecule has 176 valence electrons. The molecule has 0 saturated carbocycles. The second-order valence-electron chi connectivity index (χ2n) is 7.07. The van der Waals surface area contributed by atoms with Crippen molar-refractivity contribution in [2.24, 2.45) is 0 Å². The van der Waals surface area contributed by atoms with E-state index in [2.05, 4.69) is 10.4 Å². The van der Waals surface area contributed by atoms with E-state index >= 15 is 0 Å². The van der Waals surface area contributed by atoms with E-state index in [1.54, 1.807) is 38.1 Å². The summed E-state index contributed by atoms with van der Waals surface area (Å²) in [5, 5.41) is 6.03. The molecule has 0 fully saturated rings.